The first-order valence-corrected chi connectivity index (χ1v) is 7.15. The van der Waals surface area contributed by atoms with Gasteiger partial charge < -0.3 is 4.74 Å². The van der Waals surface area contributed by atoms with E-state index in [0.717, 1.165) is 24.2 Å². The molecular weight excluding hydrogens is 266 g/mol. The second kappa shape index (κ2) is 5.95. The van der Waals surface area contributed by atoms with Crippen molar-refractivity contribution < 1.29 is 14.3 Å². The van der Waals surface area contributed by atoms with Gasteiger partial charge in [0.2, 0.25) is 0 Å². The Labute approximate surface area is 123 Å². The van der Waals surface area contributed by atoms with Gasteiger partial charge in [0.1, 0.15) is 6.10 Å². The molecule has 108 valence electrons. The average Bonchev–Trinajstić information content (AvgIpc) is 2.75. The summed E-state index contributed by atoms with van der Waals surface area (Å²) in [6.45, 7) is 0.289. The van der Waals surface area contributed by atoms with E-state index in [0.29, 0.717) is 6.42 Å². The molecule has 0 aromatic heterocycles. The Bertz CT molecular complexity index is 586. The van der Waals surface area contributed by atoms with Crippen LogP contribution in [0.1, 0.15) is 18.4 Å². The SMILES string of the molecule is O=C1C=CC(=O)N1CC(Cc1ccccc1)OC1=CCC1. The van der Waals surface area contributed by atoms with Crippen molar-refractivity contribution in [2.24, 2.45) is 0 Å². The zero-order valence-corrected chi connectivity index (χ0v) is 11.7. The third kappa shape index (κ3) is 3.21. The molecule has 1 aliphatic carbocycles. The van der Waals surface area contributed by atoms with Gasteiger partial charge in [0.25, 0.3) is 11.8 Å². The van der Waals surface area contributed by atoms with E-state index in [4.69, 9.17) is 4.74 Å². The Morgan fingerprint density at radius 2 is 1.76 bits per heavy atom. The number of carbonyl (C=O) groups is 2. The minimum atomic E-state index is -0.260. The molecule has 0 saturated heterocycles. The molecule has 1 aromatic rings. The van der Waals surface area contributed by atoms with Gasteiger partial charge in [-0.2, -0.15) is 0 Å². The molecule has 0 fully saturated rings. The monoisotopic (exact) mass is 283 g/mol. The van der Waals surface area contributed by atoms with Gasteiger partial charge in [0.05, 0.1) is 12.3 Å². The van der Waals surface area contributed by atoms with Gasteiger partial charge in [0.15, 0.2) is 0 Å². The lowest BCUT2D eigenvalue weighted by Gasteiger charge is -2.27. The Balaban J connectivity index is 1.69. The molecule has 1 atom stereocenters. The largest absolute Gasteiger partial charge is 0.493 e. The lowest BCUT2D eigenvalue weighted by atomic mass is 10.1. The maximum absolute atomic E-state index is 11.7. The molecule has 1 unspecified atom stereocenters. The highest BCUT2D eigenvalue weighted by Gasteiger charge is 2.28. The number of allylic oxidation sites excluding steroid dienone is 2. The molecule has 4 heteroatoms. The summed E-state index contributed by atoms with van der Waals surface area (Å²) in [5.74, 6) is 0.441. The fraction of sp³-hybridized carbons (Fsp3) is 0.294. The van der Waals surface area contributed by atoms with Crippen LogP contribution >= 0.6 is 0 Å². The van der Waals surface area contributed by atoms with Crippen molar-refractivity contribution in [2.75, 3.05) is 6.54 Å². The number of rotatable bonds is 6. The highest BCUT2D eigenvalue weighted by Crippen LogP contribution is 2.23. The summed E-state index contributed by atoms with van der Waals surface area (Å²) in [4.78, 5) is 24.6. The van der Waals surface area contributed by atoms with Crippen molar-refractivity contribution in [3.8, 4) is 0 Å². The maximum Gasteiger partial charge on any atom is 0.253 e. The molecule has 0 N–H and O–H groups in total. The second-order valence-corrected chi connectivity index (χ2v) is 5.26. The van der Waals surface area contributed by atoms with E-state index in [1.165, 1.54) is 17.1 Å². The van der Waals surface area contributed by atoms with Crippen molar-refractivity contribution in [3.05, 3.63) is 59.9 Å². The van der Waals surface area contributed by atoms with Crippen LogP contribution in [0.5, 0.6) is 0 Å². The van der Waals surface area contributed by atoms with Crippen LogP contribution in [-0.4, -0.2) is 29.4 Å². The first kappa shape index (κ1) is 13.6. The van der Waals surface area contributed by atoms with Gasteiger partial charge >= 0.3 is 0 Å². The van der Waals surface area contributed by atoms with E-state index >= 15 is 0 Å². The van der Waals surface area contributed by atoms with Gasteiger partial charge in [-0.15, -0.1) is 0 Å². The fourth-order valence-electron chi connectivity index (χ4n) is 2.42. The molecule has 2 amide bonds. The van der Waals surface area contributed by atoms with Crippen LogP contribution in [0.3, 0.4) is 0 Å². The number of nitrogens with zero attached hydrogens (tertiary/aromatic N) is 1. The van der Waals surface area contributed by atoms with Crippen LogP contribution in [0, 0.1) is 0 Å². The van der Waals surface area contributed by atoms with E-state index in [1.54, 1.807) is 0 Å². The second-order valence-electron chi connectivity index (χ2n) is 5.26. The summed E-state index contributed by atoms with van der Waals surface area (Å²) in [6.07, 6.45) is 7.11. The Kier molecular flexibility index (Phi) is 3.86. The molecule has 1 heterocycles. The van der Waals surface area contributed by atoms with Crippen molar-refractivity contribution in [1.82, 2.24) is 4.90 Å². The lowest BCUT2D eigenvalue weighted by molar-refractivity contribution is -0.138. The predicted octanol–water partition coefficient (Wildman–Crippen LogP) is 2.22. The van der Waals surface area contributed by atoms with Gasteiger partial charge in [-0.3, -0.25) is 14.5 Å². The van der Waals surface area contributed by atoms with Crippen LogP contribution < -0.4 is 0 Å². The molecule has 0 saturated carbocycles. The third-order valence-electron chi connectivity index (χ3n) is 3.67. The fourth-order valence-corrected chi connectivity index (χ4v) is 2.42. The average molecular weight is 283 g/mol. The molecule has 21 heavy (non-hydrogen) atoms. The number of imide groups is 1. The summed E-state index contributed by atoms with van der Waals surface area (Å²) >= 11 is 0. The predicted molar refractivity (Wildman–Crippen MR) is 78.2 cm³/mol. The van der Waals surface area contributed by atoms with Gasteiger partial charge in [-0.1, -0.05) is 30.3 Å². The van der Waals surface area contributed by atoms with Crippen molar-refractivity contribution in [3.63, 3.8) is 0 Å². The molecule has 1 aromatic carbocycles. The summed E-state index contributed by atoms with van der Waals surface area (Å²) < 4.78 is 5.94. The van der Waals surface area contributed by atoms with E-state index in [-0.39, 0.29) is 24.5 Å². The number of ether oxygens (including phenoxy) is 1. The van der Waals surface area contributed by atoms with Gasteiger partial charge in [-0.25, -0.2) is 0 Å². The zero-order valence-electron chi connectivity index (χ0n) is 11.7. The minimum Gasteiger partial charge on any atom is -0.493 e. The molecule has 0 spiro atoms. The molecule has 0 radical (unpaired) electrons. The van der Waals surface area contributed by atoms with Crippen molar-refractivity contribution in [1.29, 1.82) is 0 Å². The highest BCUT2D eigenvalue weighted by atomic mass is 16.5. The van der Waals surface area contributed by atoms with E-state index in [2.05, 4.69) is 0 Å². The van der Waals surface area contributed by atoms with Crippen LogP contribution in [0.4, 0.5) is 0 Å². The van der Waals surface area contributed by atoms with Crippen LogP contribution in [0.2, 0.25) is 0 Å². The smallest absolute Gasteiger partial charge is 0.253 e. The van der Waals surface area contributed by atoms with E-state index in [9.17, 15) is 9.59 Å². The quantitative estimate of drug-likeness (QED) is 0.752. The molecular formula is C17H17NO3. The highest BCUT2D eigenvalue weighted by molar-refractivity contribution is 6.12. The van der Waals surface area contributed by atoms with Crippen LogP contribution in [0.25, 0.3) is 0 Å². The topological polar surface area (TPSA) is 46.6 Å². The number of carbonyl (C=O) groups excluding carboxylic acids is 2. The van der Waals surface area contributed by atoms with Crippen LogP contribution in [-0.2, 0) is 20.7 Å². The van der Waals surface area contributed by atoms with E-state index < -0.39 is 0 Å². The van der Waals surface area contributed by atoms with Crippen molar-refractivity contribution in [2.45, 2.75) is 25.4 Å². The van der Waals surface area contributed by atoms with Gasteiger partial charge in [0, 0.05) is 25.0 Å². The summed E-state index contributed by atoms with van der Waals surface area (Å²) in [5, 5.41) is 0. The van der Waals surface area contributed by atoms with Crippen molar-refractivity contribution >= 4 is 11.8 Å². The number of benzene rings is 1. The summed E-state index contributed by atoms with van der Waals surface area (Å²) in [6, 6.07) is 9.96. The zero-order chi connectivity index (χ0) is 14.7. The Morgan fingerprint density at radius 1 is 1.10 bits per heavy atom. The molecule has 4 nitrogen and oxygen atoms in total. The third-order valence-corrected chi connectivity index (χ3v) is 3.67. The molecule has 1 aliphatic heterocycles. The first-order valence-electron chi connectivity index (χ1n) is 7.15. The molecule has 0 bridgehead atoms. The van der Waals surface area contributed by atoms with Crippen LogP contribution in [0.15, 0.2) is 54.3 Å². The number of hydrogen-bond donors (Lipinski definition) is 0. The maximum atomic E-state index is 11.7. The Morgan fingerprint density at radius 3 is 2.33 bits per heavy atom. The van der Waals surface area contributed by atoms with Gasteiger partial charge in [-0.05, 0) is 18.1 Å². The first-order chi connectivity index (χ1) is 10.2. The van der Waals surface area contributed by atoms with E-state index in [1.807, 2.05) is 36.4 Å². The molecule has 3 rings (SSSR count). The number of hydrogen-bond acceptors (Lipinski definition) is 3. The summed E-state index contributed by atoms with van der Waals surface area (Å²) in [5.41, 5.74) is 1.13. The lowest BCUT2D eigenvalue weighted by Crippen LogP contribution is -2.39. The number of amides is 2. The Hall–Kier alpha value is -2.36. The minimum absolute atomic E-state index is 0.202. The molecule has 2 aliphatic rings. The summed E-state index contributed by atoms with van der Waals surface area (Å²) in [7, 11) is 0. The standard InChI is InChI=1S/C17H17NO3/c19-16-9-10-17(20)18(16)12-15(21-14-7-4-8-14)11-13-5-2-1-3-6-13/h1-3,5-7,9-10,15H,4,8,11-12H2. The normalized spacial score (nSPS) is 18.5.